The molecule has 2 aromatic rings. The van der Waals surface area contributed by atoms with Crippen LogP contribution in [-0.4, -0.2) is 6.61 Å². The number of nitriles is 1. The molecule has 0 bridgehead atoms. The molecule has 4 heteroatoms. The predicted octanol–water partition coefficient (Wildman–Crippen LogP) is 3.35. The molecule has 1 aliphatic heterocycles. The fraction of sp³-hybridized carbons (Fsp3) is 0.263. The van der Waals surface area contributed by atoms with Gasteiger partial charge < -0.3 is 9.94 Å². The number of ether oxygens (including phenoxy) is 1. The number of hydrogen-bond acceptors (Lipinski definition) is 3. The lowest BCUT2D eigenvalue weighted by atomic mass is 9.88. The van der Waals surface area contributed by atoms with E-state index in [1.54, 1.807) is 18.2 Å². The third-order valence-electron chi connectivity index (χ3n) is 3.97. The molecule has 1 aromatic carbocycles. The van der Waals surface area contributed by atoms with Gasteiger partial charge in [-0.2, -0.15) is 9.99 Å². The first-order valence-electron chi connectivity index (χ1n) is 7.51. The van der Waals surface area contributed by atoms with Gasteiger partial charge in [0.15, 0.2) is 6.20 Å². The lowest BCUT2D eigenvalue weighted by molar-refractivity contribution is -0.607. The smallest absolute Gasteiger partial charge is 0.224 e. The average molecular weight is 306 g/mol. The van der Waals surface area contributed by atoms with E-state index in [4.69, 9.17) is 4.74 Å². The Morgan fingerprint density at radius 1 is 1.30 bits per heavy atom. The minimum atomic E-state index is -0.224. The van der Waals surface area contributed by atoms with E-state index in [1.807, 2.05) is 19.1 Å². The quantitative estimate of drug-likeness (QED) is 0.599. The Bertz CT molecular complexity index is 845. The molecule has 0 radical (unpaired) electrons. The van der Waals surface area contributed by atoms with Crippen molar-refractivity contribution < 1.29 is 9.47 Å². The Morgan fingerprint density at radius 3 is 2.78 bits per heavy atom. The van der Waals surface area contributed by atoms with Crippen LogP contribution in [0.3, 0.4) is 0 Å². The summed E-state index contributed by atoms with van der Waals surface area (Å²) in [5.41, 5.74) is 3.50. The number of rotatable bonds is 1. The standard InChI is InChI=1S/C19H18N2O2/c1-13-8-15-16(17-6-4-5-7-21(17)22)10-19(2,3)12-23-18(15)9-14(13)11-20/h4-10H,12H2,1-3H3. The first-order chi connectivity index (χ1) is 10.9. The predicted molar refractivity (Wildman–Crippen MR) is 87.7 cm³/mol. The van der Waals surface area contributed by atoms with E-state index in [0.717, 1.165) is 21.4 Å². The van der Waals surface area contributed by atoms with Crippen LogP contribution >= 0.6 is 0 Å². The van der Waals surface area contributed by atoms with E-state index >= 15 is 0 Å². The fourth-order valence-corrected chi connectivity index (χ4v) is 2.76. The summed E-state index contributed by atoms with van der Waals surface area (Å²) in [5, 5.41) is 21.5. The minimum absolute atomic E-state index is 0.224. The molecule has 0 aliphatic carbocycles. The third-order valence-corrected chi connectivity index (χ3v) is 3.97. The number of aryl methyl sites for hydroxylation is 1. The van der Waals surface area contributed by atoms with Crippen LogP contribution < -0.4 is 9.47 Å². The highest BCUT2D eigenvalue weighted by Crippen LogP contribution is 2.38. The van der Waals surface area contributed by atoms with Gasteiger partial charge in [0.1, 0.15) is 5.75 Å². The molecule has 0 N–H and O–H groups in total. The van der Waals surface area contributed by atoms with Crippen LogP contribution in [0.15, 0.2) is 42.6 Å². The number of pyridine rings is 1. The maximum absolute atomic E-state index is 12.2. The topological polar surface area (TPSA) is 60.0 Å². The Balaban J connectivity index is 2.29. The van der Waals surface area contributed by atoms with E-state index in [-0.39, 0.29) is 5.41 Å². The van der Waals surface area contributed by atoms with Gasteiger partial charge in [-0.3, -0.25) is 0 Å². The van der Waals surface area contributed by atoms with Crippen LogP contribution in [0.5, 0.6) is 5.75 Å². The minimum Gasteiger partial charge on any atom is -0.618 e. The second-order valence-electron chi connectivity index (χ2n) is 6.52. The molecule has 0 fully saturated rings. The van der Waals surface area contributed by atoms with E-state index < -0.39 is 0 Å². The van der Waals surface area contributed by atoms with Gasteiger partial charge in [0, 0.05) is 23.1 Å². The molecule has 1 aromatic heterocycles. The highest BCUT2D eigenvalue weighted by Gasteiger charge is 2.28. The third kappa shape index (κ3) is 2.78. The zero-order valence-corrected chi connectivity index (χ0v) is 13.5. The van der Waals surface area contributed by atoms with Crippen molar-refractivity contribution in [2.45, 2.75) is 20.8 Å². The lowest BCUT2D eigenvalue weighted by Crippen LogP contribution is -2.30. The molecular weight excluding hydrogens is 288 g/mol. The molecule has 1 aliphatic rings. The number of benzene rings is 1. The Morgan fingerprint density at radius 2 is 2.09 bits per heavy atom. The Kier molecular flexibility index (Phi) is 3.57. The second kappa shape index (κ2) is 5.44. The van der Waals surface area contributed by atoms with Gasteiger partial charge in [-0.15, -0.1) is 0 Å². The largest absolute Gasteiger partial charge is 0.618 e. The Labute approximate surface area is 135 Å². The van der Waals surface area contributed by atoms with Gasteiger partial charge in [-0.05, 0) is 30.7 Å². The normalized spacial score (nSPS) is 15.7. The van der Waals surface area contributed by atoms with Crippen molar-refractivity contribution in [2.24, 2.45) is 5.41 Å². The molecule has 0 saturated carbocycles. The molecule has 0 spiro atoms. The van der Waals surface area contributed by atoms with Crippen molar-refractivity contribution in [1.82, 2.24) is 0 Å². The van der Waals surface area contributed by atoms with E-state index in [2.05, 4.69) is 26.0 Å². The zero-order valence-electron chi connectivity index (χ0n) is 13.5. The lowest BCUT2D eigenvalue weighted by Gasteiger charge is -2.18. The van der Waals surface area contributed by atoms with Crippen LogP contribution in [0.4, 0.5) is 0 Å². The van der Waals surface area contributed by atoms with Gasteiger partial charge in [0.2, 0.25) is 5.69 Å². The number of hydrogen-bond donors (Lipinski definition) is 0. The summed E-state index contributed by atoms with van der Waals surface area (Å²) < 4.78 is 6.80. The summed E-state index contributed by atoms with van der Waals surface area (Å²) in [6, 6.07) is 11.2. The molecule has 23 heavy (non-hydrogen) atoms. The highest BCUT2D eigenvalue weighted by atomic mass is 16.5. The van der Waals surface area contributed by atoms with Gasteiger partial charge in [-0.25, -0.2) is 0 Å². The van der Waals surface area contributed by atoms with Crippen molar-refractivity contribution in [3.05, 3.63) is 70.2 Å². The average Bonchev–Trinajstić information content (AvgIpc) is 2.64. The molecule has 0 saturated heterocycles. The number of nitrogens with zero attached hydrogens (tertiary/aromatic N) is 2. The van der Waals surface area contributed by atoms with Crippen molar-refractivity contribution in [3.8, 4) is 11.8 Å². The second-order valence-corrected chi connectivity index (χ2v) is 6.52. The van der Waals surface area contributed by atoms with Crippen LogP contribution in [-0.2, 0) is 0 Å². The highest BCUT2D eigenvalue weighted by molar-refractivity contribution is 5.82. The summed E-state index contributed by atoms with van der Waals surface area (Å²) in [5.74, 6) is 0.646. The molecule has 0 atom stereocenters. The first-order valence-corrected chi connectivity index (χ1v) is 7.51. The van der Waals surface area contributed by atoms with Gasteiger partial charge in [0.25, 0.3) is 0 Å². The summed E-state index contributed by atoms with van der Waals surface area (Å²) in [6.45, 7) is 6.51. The van der Waals surface area contributed by atoms with Crippen LogP contribution in [0.1, 0.15) is 36.2 Å². The fourth-order valence-electron chi connectivity index (χ4n) is 2.76. The molecule has 3 rings (SSSR count). The van der Waals surface area contributed by atoms with Crippen LogP contribution in [0, 0.1) is 28.9 Å². The van der Waals surface area contributed by atoms with Crippen LogP contribution in [0.2, 0.25) is 0 Å². The molecule has 4 nitrogen and oxygen atoms in total. The van der Waals surface area contributed by atoms with E-state index in [1.165, 1.54) is 6.20 Å². The van der Waals surface area contributed by atoms with Gasteiger partial charge >= 0.3 is 0 Å². The maximum atomic E-state index is 12.2. The molecular formula is C19H18N2O2. The first kappa shape index (κ1) is 15.1. The summed E-state index contributed by atoms with van der Waals surface area (Å²) in [7, 11) is 0. The van der Waals surface area contributed by atoms with Gasteiger partial charge in [-0.1, -0.05) is 19.9 Å². The zero-order chi connectivity index (χ0) is 16.6. The van der Waals surface area contributed by atoms with E-state index in [0.29, 0.717) is 23.6 Å². The summed E-state index contributed by atoms with van der Waals surface area (Å²) in [6.07, 6.45) is 3.57. The summed E-state index contributed by atoms with van der Waals surface area (Å²) in [4.78, 5) is 0. The van der Waals surface area contributed by atoms with Gasteiger partial charge in [0.05, 0.1) is 23.8 Å². The number of aromatic nitrogens is 1. The summed E-state index contributed by atoms with van der Waals surface area (Å²) >= 11 is 0. The Hall–Kier alpha value is -2.80. The van der Waals surface area contributed by atoms with E-state index in [9.17, 15) is 10.5 Å². The van der Waals surface area contributed by atoms with Crippen molar-refractivity contribution in [2.75, 3.05) is 6.61 Å². The molecule has 0 amide bonds. The SMILES string of the molecule is Cc1cc2c(cc1C#N)OCC(C)(C)C=C2c1cccc[n+]1[O-]. The monoisotopic (exact) mass is 306 g/mol. The number of fused-ring (bicyclic) bond motifs is 1. The maximum Gasteiger partial charge on any atom is 0.224 e. The van der Waals surface area contributed by atoms with Crippen molar-refractivity contribution >= 4 is 5.57 Å². The van der Waals surface area contributed by atoms with Crippen molar-refractivity contribution in [1.29, 1.82) is 5.26 Å². The molecule has 0 unspecified atom stereocenters. The van der Waals surface area contributed by atoms with Crippen LogP contribution in [0.25, 0.3) is 5.57 Å². The molecule has 116 valence electrons. The molecule has 2 heterocycles. The van der Waals surface area contributed by atoms with Crippen molar-refractivity contribution in [3.63, 3.8) is 0 Å².